The lowest BCUT2D eigenvalue weighted by molar-refractivity contribution is 0.0601. The molecule has 0 saturated heterocycles. The van der Waals surface area contributed by atoms with Crippen molar-refractivity contribution >= 4 is 11.7 Å². The molecule has 21 heavy (non-hydrogen) atoms. The highest BCUT2D eigenvalue weighted by atomic mass is 16.5. The van der Waals surface area contributed by atoms with E-state index in [0.717, 1.165) is 17.0 Å². The predicted octanol–water partition coefficient (Wildman–Crippen LogP) is 2.89. The quantitative estimate of drug-likeness (QED) is 0.692. The van der Waals surface area contributed by atoms with Gasteiger partial charge in [0.25, 0.3) is 0 Å². The van der Waals surface area contributed by atoms with Crippen LogP contribution in [-0.2, 0) is 4.74 Å². The number of hydrogen-bond donors (Lipinski definition) is 1. The molecule has 5 nitrogen and oxygen atoms in total. The number of rotatable bonds is 4. The fourth-order valence-electron chi connectivity index (χ4n) is 2.59. The average Bonchev–Trinajstić information content (AvgIpc) is 3.23. The van der Waals surface area contributed by atoms with E-state index >= 15 is 0 Å². The van der Waals surface area contributed by atoms with E-state index in [0.29, 0.717) is 17.3 Å². The number of ether oxygens (including phenoxy) is 1. The van der Waals surface area contributed by atoms with Gasteiger partial charge < -0.3 is 10.5 Å². The average molecular weight is 285 g/mol. The molecule has 1 aliphatic carbocycles. The Hall–Kier alpha value is -2.30. The van der Waals surface area contributed by atoms with E-state index in [1.54, 1.807) is 18.3 Å². The first kappa shape index (κ1) is 13.7. The van der Waals surface area contributed by atoms with Crippen molar-refractivity contribution < 1.29 is 9.53 Å². The van der Waals surface area contributed by atoms with Crippen LogP contribution in [0.25, 0.3) is 11.1 Å². The number of nitrogens with zero attached hydrogens (tertiary/aromatic N) is 2. The highest BCUT2D eigenvalue weighted by Gasteiger charge is 2.29. The van der Waals surface area contributed by atoms with Gasteiger partial charge in [-0.1, -0.05) is 6.07 Å². The summed E-state index contributed by atoms with van der Waals surface area (Å²) in [7, 11) is 1.37. The van der Waals surface area contributed by atoms with Gasteiger partial charge >= 0.3 is 5.97 Å². The van der Waals surface area contributed by atoms with Gasteiger partial charge in [0.05, 0.1) is 24.9 Å². The van der Waals surface area contributed by atoms with Gasteiger partial charge in [-0.25, -0.2) is 4.79 Å². The molecule has 3 rings (SSSR count). The van der Waals surface area contributed by atoms with Crippen LogP contribution in [0.2, 0.25) is 0 Å². The van der Waals surface area contributed by atoms with Crippen LogP contribution in [0.3, 0.4) is 0 Å². The third kappa shape index (κ3) is 2.63. The Kier molecular flexibility index (Phi) is 3.41. The van der Waals surface area contributed by atoms with Crippen LogP contribution < -0.4 is 5.73 Å². The monoisotopic (exact) mass is 285 g/mol. The van der Waals surface area contributed by atoms with E-state index in [4.69, 9.17) is 10.5 Å². The molecule has 0 spiro atoms. The summed E-state index contributed by atoms with van der Waals surface area (Å²) in [6.07, 6.45) is 6.31. The third-order valence-corrected chi connectivity index (χ3v) is 4.08. The number of anilines is 1. The molecule has 0 aliphatic heterocycles. The standard InChI is InChI=1S/C16H19N3O2/c1-10(11-3-4-11)19-9-12(8-18-19)14-6-5-13(17)7-15(14)16(20)21-2/h5-11H,3-4,17H2,1-2H3. The molecule has 1 aliphatic rings. The minimum Gasteiger partial charge on any atom is -0.465 e. The van der Waals surface area contributed by atoms with Crippen LogP contribution in [0.1, 0.15) is 36.2 Å². The second-order valence-corrected chi connectivity index (χ2v) is 5.58. The van der Waals surface area contributed by atoms with E-state index in [-0.39, 0.29) is 5.97 Å². The van der Waals surface area contributed by atoms with Crippen molar-refractivity contribution in [2.24, 2.45) is 5.92 Å². The number of benzene rings is 1. The van der Waals surface area contributed by atoms with E-state index in [1.165, 1.54) is 20.0 Å². The summed E-state index contributed by atoms with van der Waals surface area (Å²) in [5.74, 6) is 0.338. The molecule has 1 unspecified atom stereocenters. The van der Waals surface area contributed by atoms with Crippen LogP contribution in [0.4, 0.5) is 5.69 Å². The van der Waals surface area contributed by atoms with Crippen molar-refractivity contribution in [2.75, 3.05) is 12.8 Å². The first-order valence-electron chi connectivity index (χ1n) is 7.12. The zero-order valence-electron chi connectivity index (χ0n) is 12.2. The lowest BCUT2D eigenvalue weighted by Crippen LogP contribution is -2.07. The molecule has 1 fully saturated rings. The largest absolute Gasteiger partial charge is 0.465 e. The molecule has 110 valence electrons. The number of hydrogen-bond acceptors (Lipinski definition) is 4. The lowest BCUT2D eigenvalue weighted by Gasteiger charge is -2.10. The zero-order chi connectivity index (χ0) is 15.0. The molecule has 1 aromatic carbocycles. The van der Waals surface area contributed by atoms with Crippen molar-refractivity contribution in [1.82, 2.24) is 9.78 Å². The number of aromatic nitrogens is 2. The molecule has 1 saturated carbocycles. The van der Waals surface area contributed by atoms with Gasteiger partial charge in [-0.05, 0) is 43.4 Å². The van der Waals surface area contributed by atoms with Gasteiger partial charge in [-0.15, -0.1) is 0 Å². The fourth-order valence-corrected chi connectivity index (χ4v) is 2.59. The number of esters is 1. The van der Waals surface area contributed by atoms with Crippen molar-refractivity contribution in [3.8, 4) is 11.1 Å². The Morgan fingerprint density at radius 2 is 2.24 bits per heavy atom. The van der Waals surface area contributed by atoms with Gasteiger partial charge in [0.15, 0.2) is 0 Å². The topological polar surface area (TPSA) is 70.1 Å². The van der Waals surface area contributed by atoms with Crippen LogP contribution in [0.15, 0.2) is 30.6 Å². The minimum absolute atomic E-state index is 0.389. The lowest BCUT2D eigenvalue weighted by atomic mass is 10.0. The fraction of sp³-hybridized carbons (Fsp3) is 0.375. The minimum atomic E-state index is -0.389. The highest BCUT2D eigenvalue weighted by Crippen LogP contribution is 2.39. The second-order valence-electron chi connectivity index (χ2n) is 5.58. The summed E-state index contributed by atoms with van der Waals surface area (Å²) in [5, 5.41) is 4.44. The first-order valence-corrected chi connectivity index (χ1v) is 7.12. The maximum absolute atomic E-state index is 11.9. The normalized spacial score (nSPS) is 15.7. The summed E-state index contributed by atoms with van der Waals surface area (Å²) in [6, 6.07) is 5.66. The second kappa shape index (κ2) is 5.24. The molecule has 2 N–H and O–H groups in total. The van der Waals surface area contributed by atoms with Crippen LogP contribution in [-0.4, -0.2) is 22.9 Å². The SMILES string of the molecule is COC(=O)c1cc(N)ccc1-c1cnn(C(C)C2CC2)c1. The molecule has 1 heterocycles. The van der Waals surface area contributed by atoms with E-state index in [1.807, 2.05) is 16.9 Å². The van der Waals surface area contributed by atoms with Gasteiger partial charge in [0.2, 0.25) is 0 Å². The maximum Gasteiger partial charge on any atom is 0.338 e. The summed E-state index contributed by atoms with van der Waals surface area (Å²) in [4.78, 5) is 11.9. The van der Waals surface area contributed by atoms with Crippen LogP contribution in [0.5, 0.6) is 0 Å². The number of carbonyl (C=O) groups excluding carboxylic acids is 1. The third-order valence-electron chi connectivity index (χ3n) is 4.08. The molecule has 5 heteroatoms. The Labute approximate surface area is 123 Å². The number of carbonyl (C=O) groups is 1. The molecular formula is C16H19N3O2. The van der Waals surface area contributed by atoms with E-state index < -0.39 is 0 Å². The molecule has 0 bridgehead atoms. The van der Waals surface area contributed by atoms with Gasteiger partial charge in [0, 0.05) is 17.4 Å². The number of methoxy groups -OCH3 is 1. The van der Waals surface area contributed by atoms with Crippen molar-refractivity contribution in [3.05, 3.63) is 36.2 Å². The van der Waals surface area contributed by atoms with Crippen molar-refractivity contribution in [3.63, 3.8) is 0 Å². The molecular weight excluding hydrogens is 266 g/mol. The number of nitrogens with two attached hydrogens (primary N) is 1. The maximum atomic E-state index is 11.9. The zero-order valence-corrected chi connectivity index (χ0v) is 12.2. The Morgan fingerprint density at radius 3 is 2.90 bits per heavy atom. The van der Waals surface area contributed by atoms with E-state index in [2.05, 4.69) is 12.0 Å². The first-order chi connectivity index (χ1) is 10.1. The molecule has 2 aromatic rings. The van der Waals surface area contributed by atoms with Gasteiger partial charge in [-0.3, -0.25) is 4.68 Å². The summed E-state index contributed by atoms with van der Waals surface area (Å²) in [6.45, 7) is 2.18. The Morgan fingerprint density at radius 1 is 1.48 bits per heavy atom. The van der Waals surface area contributed by atoms with Gasteiger partial charge in [0.1, 0.15) is 0 Å². The highest BCUT2D eigenvalue weighted by molar-refractivity contribution is 5.98. The Balaban J connectivity index is 1.98. The summed E-state index contributed by atoms with van der Waals surface area (Å²) in [5.41, 5.74) is 8.48. The van der Waals surface area contributed by atoms with E-state index in [9.17, 15) is 4.79 Å². The van der Waals surface area contributed by atoms with Crippen LogP contribution >= 0.6 is 0 Å². The number of nitrogen functional groups attached to an aromatic ring is 1. The predicted molar refractivity (Wildman–Crippen MR) is 80.8 cm³/mol. The molecule has 0 radical (unpaired) electrons. The summed E-state index contributed by atoms with van der Waals surface area (Å²) < 4.78 is 6.81. The molecule has 1 aromatic heterocycles. The smallest absolute Gasteiger partial charge is 0.338 e. The van der Waals surface area contributed by atoms with Crippen molar-refractivity contribution in [1.29, 1.82) is 0 Å². The van der Waals surface area contributed by atoms with Gasteiger partial charge in [-0.2, -0.15) is 5.10 Å². The summed E-state index contributed by atoms with van der Waals surface area (Å²) >= 11 is 0. The van der Waals surface area contributed by atoms with Crippen molar-refractivity contribution in [2.45, 2.75) is 25.8 Å². The molecule has 0 amide bonds. The van der Waals surface area contributed by atoms with Crippen LogP contribution in [0, 0.1) is 5.92 Å². The Bertz CT molecular complexity index is 674. The molecule has 1 atom stereocenters.